The standard InChI is InChI=1S/C12H18N2O2/c15-12(16)10(11-4-3-6-13-11)5-9-14-7-1-2-8-14/h3-4,6,10,13H,1-2,5,7-9H2,(H,15,16). The van der Waals surface area contributed by atoms with Crippen molar-refractivity contribution in [2.75, 3.05) is 19.6 Å². The number of nitrogens with zero attached hydrogens (tertiary/aromatic N) is 1. The van der Waals surface area contributed by atoms with E-state index in [4.69, 9.17) is 0 Å². The number of carboxylic acid groups (broad SMARTS) is 1. The van der Waals surface area contributed by atoms with Gasteiger partial charge in [-0.2, -0.15) is 0 Å². The van der Waals surface area contributed by atoms with Crippen LogP contribution in [0.2, 0.25) is 0 Å². The maximum absolute atomic E-state index is 11.2. The van der Waals surface area contributed by atoms with Crippen LogP contribution in [0.1, 0.15) is 30.9 Å². The first kappa shape index (κ1) is 11.2. The highest BCUT2D eigenvalue weighted by Crippen LogP contribution is 2.19. The highest BCUT2D eigenvalue weighted by atomic mass is 16.4. The van der Waals surface area contributed by atoms with E-state index < -0.39 is 11.9 Å². The molecule has 1 fully saturated rings. The monoisotopic (exact) mass is 222 g/mol. The first-order valence-corrected chi connectivity index (χ1v) is 5.86. The summed E-state index contributed by atoms with van der Waals surface area (Å²) in [7, 11) is 0. The molecular weight excluding hydrogens is 204 g/mol. The molecule has 4 heteroatoms. The van der Waals surface area contributed by atoms with Crippen LogP contribution in [0.5, 0.6) is 0 Å². The number of aromatic nitrogens is 1. The van der Waals surface area contributed by atoms with E-state index in [1.165, 1.54) is 12.8 Å². The number of carboxylic acids is 1. The molecule has 1 atom stereocenters. The molecule has 4 nitrogen and oxygen atoms in total. The average molecular weight is 222 g/mol. The first-order valence-electron chi connectivity index (χ1n) is 5.86. The van der Waals surface area contributed by atoms with Crippen LogP contribution in [0.3, 0.4) is 0 Å². The second kappa shape index (κ2) is 5.16. The predicted octanol–water partition coefficient (Wildman–Crippen LogP) is 1.67. The van der Waals surface area contributed by atoms with E-state index in [1.54, 1.807) is 6.20 Å². The zero-order chi connectivity index (χ0) is 11.4. The summed E-state index contributed by atoms with van der Waals surface area (Å²) in [4.78, 5) is 16.5. The van der Waals surface area contributed by atoms with Gasteiger partial charge in [-0.1, -0.05) is 0 Å². The van der Waals surface area contributed by atoms with Crippen molar-refractivity contribution in [3.8, 4) is 0 Å². The van der Waals surface area contributed by atoms with Crippen molar-refractivity contribution in [1.82, 2.24) is 9.88 Å². The summed E-state index contributed by atoms with van der Waals surface area (Å²) in [5.41, 5.74) is 0.812. The van der Waals surface area contributed by atoms with Gasteiger partial charge in [-0.25, -0.2) is 0 Å². The lowest BCUT2D eigenvalue weighted by Crippen LogP contribution is -2.24. The molecule has 0 amide bonds. The smallest absolute Gasteiger partial charge is 0.312 e. The Balaban J connectivity index is 1.90. The predicted molar refractivity (Wildman–Crippen MR) is 61.5 cm³/mol. The molecule has 2 N–H and O–H groups in total. The third-order valence-electron chi connectivity index (χ3n) is 3.23. The summed E-state index contributed by atoms with van der Waals surface area (Å²) >= 11 is 0. The fourth-order valence-corrected chi connectivity index (χ4v) is 2.29. The van der Waals surface area contributed by atoms with Crippen molar-refractivity contribution in [3.63, 3.8) is 0 Å². The van der Waals surface area contributed by atoms with Gasteiger partial charge in [0.25, 0.3) is 0 Å². The van der Waals surface area contributed by atoms with Crippen molar-refractivity contribution in [3.05, 3.63) is 24.0 Å². The molecule has 88 valence electrons. The van der Waals surface area contributed by atoms with Crippen LogP contribution in [0.25, 0.3) is 0 Å². The molecule has 1 aromatic rings. The molecule has 0 radical (unpaired) electrons. The number of carbonyl (C=O) groups is 1. The van der Waals surface area contributed by atoms with Gasteiger partial charge in [-0.3, -0.25) is 4.79 Å². The Morgan fingerprint density at radius 2 is 2.25 bits per heavy atom. The third kappa shape index (κ3) is 2.64. The minimum Gasteiger partial charge on any atom is -0.481 e. The topological polar surface area (TPSA) is 56.3 Å². The van der Waals surface area contributed by atoms with Crippen LogP contribution in [-0.4, -0.2) is 40.6 Å². The SMILES string of the molecule is O=C(O)C(CCN1CCCC1)c1ccc[nH]1. The summed E-state index contributed by atoms with van der Waals surface area (Å²) in [5, 5.41) is 9.18. The van der Waals surface area contributed by atoms with E-state index in [1.807, 2.05) is 12.1 Å². The second-order valence-corrected chi connectivity index (χ2v) is 4.35. The van der Waals surface area contributed by atoms with Gasteiger partial charge in [0.15, 0.2) is 0 Å². The largest absolute Gasteiger partial charge is 0.481 e. The number of nitrogens with one attached hydrogen (secondary N) is 1. The molecule has 1 aliphatic heterocycles. The second-order valence-electron chi connectivity index (χ2n) is 4.35. The number of hydrogen-bond acceptors (Lipinski definition) is 2. The Morgan fingerprint density at radius 1 is 1.50 bits per heavy atom. The zero-order valence-corrected chi connectivity index (χ0v) is 9.35. The van der Waals surface area contributed by atoms with Gasteiger partial charge < -0.3 is 15.0 Å². The molecule has 0 aromatic carbocycles. The van der Waals surface area contributed by atoms with Gasteiger partial charge in [-0.15, -0.1) is 0 Å². The van der Waals surface area contributed by atoms with Crippen molar-refractivity contribution in [2.24, 2.45) is 0 Å². The molecule has 0 aliphatic carbocycles. The summed E-state index contributed by atoms with van der Waals surface area (Å²) in [6.07, 6.45) is 4.97. The van der Waals surface area contributed by atoms with E-state index in [9.17, 15) is 9.90 Å². The van der Waals surface area contributed by atoms with Crippen molar-refractivity contribution < 1.29 is 9.90 Å². The quantitative estimate of drug-likeness (QED) is 0.796. The van der Waals surface area contributed by atoms with Crippen LogP contribution >= 0.6 is 0 Å². The summed E-state index contributed by atoms with van der Waals surface area (Å²) in [6.45, 7) is 3.13. The van der Waals surface area contributed by atoms with E-state index in [0.717, 1.165) is 25.3 Å². The molecule has 16 heavy (non-hydrogen) atoms. The molecule has 2 rings (SSSR count). The fraction of sp³-hybridized carbons (Fsp3) is 0.583. The van der Waals surface area contributed by atoms with Crippen LogP contribution in [0, 0.1) is 0 Å². The Labute approximate surface area is 95.3 Å². The van der Waals surface area contributed by atoms with Gasteiger partial charge >= 0.3 is 5.97 Å². The fourth-order valence-electron chi connectivity index (χ4n) is 2.29. The average Bonchev–Trinajstić information content (AvgIpc) is 2.88. The van der Waals surface area contributed by atoms with Gasteiger partial charge in [0.2, 0.25) is 0 Å². The lowest BCUT2D eigenvalue weighted by atomic mass is 10.0. The lowest BCUT2D eigenvalue weighted by molar-refractivity contribution is -0.139. The maximum Gasteiger partial charge on any atom is 0.312 e. The Kier molecular flexibility index (Phi) is 3.62. The lowest BCUT2D eigenvalue weighted by Gasteiger charge is -2.17. The van der Waals surface area contributed by atoms with Crippen LogP contribution < -0.4 is 0 Å². The number of rotatable bonds is 5. The maximum atomic E-state index is 11.2. The molecule has 0 saturated carbocycles. The molecule has 1 saturated heterocycles. The van der Waals surface area contributed by atoms with E-state index >= 15 is 0 Å². The minimum atomic E-state index is -0.735. The van der Waals surface area contributed by atoms with E-state index in [-0.39, 0.29) is 0 Å². The summed E-state index contributed by atoms with van der Waals surface area (Å²) in [5.74, 6) is -1.13. The Bertz CT molecular complexity index is 329. The molecular formula is C12H18N2O2. The number of likely N-dealkylation sites (tertiary alicyclic amines) is 1. The Morgan fingerprint density at radius 3 is 2.81 bits per heavy atom. The van der Waals surface area contributed by atoms with Gasteiger partial charge in [-0.05, 0) is 51.0 Å². The number of aromatic amines is 1. The summed E-state index contributed by atoms with van der Waals surface area (Å²) in [6, 6.07) is 3.70. The van der Waals surface area contributed by atoms with Gasteiger partial charge in [0.05, 0.1) is 5.92 Å². The number of aliphatic carboxylic acids is 1. The van der Waals surface area contributed by atoms with Crippen molar-refractivity contribution in [2.45, 2.75) is 25.2 Å². The molecule has 1 aromatic heterocycles. The molecule has 1 aliphatic rings. The number of hydrogen-bond donors (Lipinski definition) is 2. The summed E-state index contributed by atoms with van der Waals surface area (Å²) < 4.78 is 0. The highest BCUT2D eigenvalue weighted by molar-refractivity contribution is 5.75. The minimum absolute atomic E-state index is 0.393. The first-order chi connectivity index (χ1) is 7.77. The van der Waals surface area contributed by atoms with Crippen LogP contribution in [-0.2, 0) is 4.79 Å². The molecule has 0 spiro atoms. The van der Waals surface area contributed by atoms with Gasteiger partial charge in [0, 0.05) is 11.9 Å². The molecule has 0 bridgehead atoms. The van der Waals surface area contributed by atoms with Crippen LogP contribution in [0.15, 0.2) is 18.3 Å². The van der Waals surface area contributed by atoms with E-state index in [0.29, 0.717) is 6.42 Å². The Hall–Kier alpha value is -1.29. The van der Waals surface area contributed by atoms with Crippen LogP contribution in [0.4, 0.5) is 0 Å². The zero-order valence-electron chi connectivity index (χ0n) is 9.35. The van der Waals surface area contributed by atoms with Gasteiger partial charge in [0.1, 0.15) is 0 Å². The molecule has 2 heterocycles. The number of H-pyrrole nitrogens is 1. The molecule has 1 unspecified atom stereocenters. The van der Waals surface area contributed by atoms with Crippen molar-refractivity contribution >= 4 is 5.97 Å². The van der Waals surface area contributed by atoms with E-state index in [2.05, 4.69) is 9.88 Å². The highest BCUT2D eigenvalue weighted by Gasteiger charge is 2.22. The normalized spacial score (nSPS) is 18.8. The third-order valence-corrected chi connectivity index (χ3v) is 3.23. The van der Waals surface area contributed by atoms with Crippen molar-refractivity contribution in [1.29, 1.82) is 0 Å².